The molecule has 0 aliphatic heterocycles. The van der Waals surface area contributed by atoms with Gasteiger partial charge in [0.15, 0.2) is 0 Å². The van der Waals surface area contributed by atoms with Crippen LogP contribution >= 0.6 is 0 Å². The molecular formula is C54H44. The van der Waals surface area contributed by atoms with Crippen molar-refractivity contribution in [2.45, 2.75) is 66.2 Å². The highest BCUT2D eigenvalue weighted by Gasteiger charge is 2.27. The Morgan fingerprint density at radius 2 is 0.778 bits per heavy atom. The summed E-state index contributed by atoms with van der Waals surface area (Å²) in [4.78, 5) is 0. The summed E-state index contributed by atoms with van der Waals surface area (Å²) >= 11 is 0. The van der Waals surface area contributed by atoms with E-state index in [-0.39, 0.29) is 10.8 Å². The second-order valence-corrected chi connectivity index (χ2v) is 18.3. The standard InChI is InChI=1S/C54H44/c1-29-18-19-39-43-24-40-30(2)20-42-49(47(40)26-46(43)38-17-11-14-35(29)52(38)39)25-41(32-21-33(53(3,4)5)23-34(22-32)54(6,7)8)48-27-44-36-15-9-12-31-13-10-16-37(51(31)36)45(44)28-50(42)48/h9-28H,1-8H3. The maximum Gasteiger partial charge on any atom is -0.00237 e. The van der Waals surface area contributed by atoms with Gasteiger partial charge in [0.1, 0.15) is 0 Å². The summed E-state index contributed by atoms with van der Waals surface area (Å²) < 4.78 is 0. The average Bonchev–Trinajstić information content (AvgIpc) is 3.64. The smallest absolute Gasteiger partial charge is 0.00237 e. The summed E-state index contributed by atoms with van der Waals surface area (Å²) in [5.41, 5.74) is 18.9. The highest BCUT2D eigenvalue weighted by atomic mass is 14.3. The Kier molecular flexibility index (Phi) is 6.17. The Balaban J connectivity index is 1.30. The van der Waals surface area contributed by atoms with Gasteiger partial charge < -0.3 is 0 Å². The zero-order valence-corrected chi connectivity index (χ0v) is 32.5. The molecule has 0 bridgehead atoms. The molecule has 0 atom stereocenters. The second-order valence-electron chi connectivity index (χ2n) is 18.3. The molecule has 0 fully saturated rings. The highest BCUT2D eigenvalue weighted by Crippen LogP contribution is 2.53. The van der Waals surface area contributed by atoms with E-state index in [2.05, 4.69) is 177 Å². The van der Waals surface area contributed by atoms with Crippen molar-refractivity contribution in [2.75, 3.05) is 0 Å². The third-order valence-electron chi connectivity index (χ3n) is 12.9. The van der Waals surface area contributed by atoms with Gasteiger partial charge in [-0.2, -0.15) is 0 Å². The monoisotopic (exact) mass is 692 g/mol. The number of hydrogen-bond acceptors (Lipinski definition) is 0. The van der Waals surface area contributed by atoms with Crippen LogP contribution in [-0.2, 0) is 10.8 Å². The van der Waals surface area contributed by atoms with Crippen molar-refractivity contribution in [2.24, 2.45) is 0 Å². The molecule has 2 aliphatic carbocycles. The van der Waals surface area contributed by atoms with Crippen molar-refractivity contribution >= 4 is 53.9 Å². The van der Waals surface area contributed by atoms with E-state index in [0.717, 1.165) is 0 Å². The predicted octanol–water partition coefficient (Wildman–Crippen LogP) is 15.6. The van der Waals surface area contributed by atoms with Crippen LogP contribution in [0.1, 0.15) is 63.8 Å². The van der Waals surface area contributed by atoms with E-state index in [9.17, 15) is 0 Å². The van der Waals surface area contributed by atoms with Gasteiger partial charge in [-0.3, -0.25) is 0 Å². The minimum absolute atomic E-state index is 0.0138. The van der Waals surface area contributed by atoms with E-state index < -0.39 is 0 Å². The molecular weight excluding hydrogens is 649 g/mol. The summed E-state index contributed by atoms with van der Waals surface area (Å²) in [7, 11) is 0. The molecule has 0 N–H and O–H groups in total. The Labute approximate surface area is 318 Å². The highest BCUT2D eigenvalue weighted by molar-refractivity contribution is 6.27. The lowest BCUT2D eigenvalue weighted by molar-refractivity contribution is 0.569. The molecule has 0 heteroatoms. The van der Waals surface area contributed by atoms with E-state index in [1.54, 1.807) is 0 Å². The molecule has 9 aromatic carbocycles. The maximum atomic E-state index is 2.54. The van der Waals surface area contributed by atoms with E-state index in [0.29, 0.717) is 0 Å². The van der Waals surface area contributed by atoms with Gasteiger partial charge in [-0.25, -0.2) is 0 Å². The SMILES string of the molecule is Cc1ccc2c3c(cccc13)-c1cc3c(cc1-2)c(C)cc1c2cc4c(cc2c(-c2cc(C(C)(C)C)cc(C(C)(C)C)c2)cc31)-c1cccc2cccc-4c12. The predicted molar refractivity (Wildman–Crippen MR) is 235 cm³/mol. The van der Waals surface area contributed by atoms with Gasteiger partial charge in [0.25, 0.3) is 0 Å². The van der Waals surface area contributed by atoms with Gasteiger partial charge in [-0.1, -0.05) is 133 Å². The second kappa shape index (κ2) is 10.5. The van der Waals surface area contributed by atoms with Crippen molar-refractivity contribution in [1.82, 2.24) is 0 Å². The molecule has 0 unspecified atom stereocenters. The van der Waals surface area contributed by atoms with Crippen LogP contribution in [0.25, 0.3) is 109 Å². The van der Waals surface area contributed by atoms with Crippen molar-refractivity contribution in [3.05, 3.63) is 144 Å². The number of hydrogen-bond donors (Lipinski definition) is 0. The molecule has 0 aromatic heterocycles. The van der Waals surface area contributed by atoms with Gasteiger partial charge in [0.2, 0.25) is 0 Å². The Hall–Kier alpha value is -5.72. The van der Waals surface area contributed by atoms with Crippen LogP contribution in [0.4, 0.5) is 0 Å². The average molecular weight is 693 g/mol. The topological polar surface area (TPSA) is 0 Å². The Bertz CT molecular complexity index is 3130. The molecule has 0 amide bonds. The lowest BCUT2D eigenvalue weighted by Gasteiger charge is -2.27. The molecule has 0 nitrogen and oxygen atoms in total. The summed E-state index contributed by atoms with van der Waals surface area (Å²) in [6, 6.07) is 47.6. The quantitative estimate of drug-likeness (QED) is 0.150. The minimum Gasteiger partial charge on any atom is -0.0610 e. The van der Waals surface area contributed by atoms with Crippen LogP contribution in [0.3, 0.4) is 0 Å². The van der Waals surface area contributed by atoms with Crippen LogP contribution in [0.2, 0.25) is 0 Å². The van der Waals surface area contributed by atoms with Gasteiger partial charge in [-0.15, -0.1) is 0 Å². The molecule has 0 saturated heterocycles. The van der Waals surface area contributed by atoms with E-state index >= 15 is 0 Å². The first-order valence-corrected chi connectivity index (χ1v) is 19.6. The first-order valence-electron chi connectivity index (χ1n) is 19.6. The summed E-state index contributed by atoms with van der Waals surface area (Å²) in [5.74, 6) is 0. The summed E-state index contributed by atoms with van der Waals surface area (Å²) in [6.45, 7) is 18.6. The molecule has 0 heterocycles. The van der Waals surface area contributed by atoms with Crippen LogP contribution in [0.5, 0.6) is 0 Å². The fraction of sp³-hybridized carbons (Fsp3) is 0.185. The van der Waals surface area contributed by atoms with E-state index in [1.807, 2.05) is 0 Å². The molecule has 11 rings (SSSR count). The lowest BCUT2D eigenvalue weighted by Crippen LogP contribution is -2.16. The zero-order valence-electron chi connectivity index (χ0n) is 32.5. The fourth-order valence-corrected chi connectivity index (χ4v) is 9.88. The molecule has 54 heavy (non-hydrogen) atoms. The maximum absolute atomic E-state index is 2.54. The van der Waals surface area contributed by atoms with E-state index in [4.69, 9.17) is 0 Å². The summed E-state index contributed by atoms with van der Waals surface area (Å²) in [6.07, 6.45) is 0. The minimum atomic E-state index is 0.0138. The van der Waals surface area contributed by atoms with Crippen LogP contribution in [-0.4, -0.2) is 0 Å². The molecule has 2 aliphatic rings. The van der Waals surface area contributed by atoms with Gasteiger partial charge in [-0.05, 0) is 187 Å². The molecule has 0 spiro atoms. The normalized spacial score (nSPS) is 13.2. The lowest BCUT2D eigenvalue weighted by atomic mass is 9.78. The number of aryl methyl sites for hydroxylation is 2. The first-order chi connectivity index (χ1) is 25.8. The van der Waals surface area contributed by atoms with Gasteiger partial charge in [0.05, 0.1) is 0 Å². The van der Waals surface area contributed by atoms with Gasteiger partial charge >= 0.3 is 0 Å². The fourth-order valence-electron chi connectivity index (χ4n) is 9.88. The van der Waals surface area contributed by atoms with E-state index in [1.165, 1.54) is 132 Å². The van der Waals surface area contributed by atoms with Gasteiger partial charge in [0, 0.05) is 0 Å². The van der Waals surface area contributed by atoms with Crippen LogP contribution < -0.4 is 0 Å². The molecule has 0 radical (unpaired) electrons. The van der Waals surface area contributed by atoms with Crippen molar-refractivity contribution in [1.29, 1.82) is 0 Å². The van der Waals surface area contributed by atoms with Crippen LogP contribution in [0.15, 0.2) is 121 Å². The largest absolute Gasteiger partial charge is 0.0610 e. The third-order valence-corrected chi connectivity index (χ3v) is 12.9. The van der Waals surface area contributed by atoms with Crippen molar-refractivity contribution < 1.29 is 0 Å². The van der Waals surface area contributed by atoms with Crippen molar-refractivity contribution in [3.8, 4) is 55.6 Å². The molecule has 260 valence electrons. The number of benzene rings is 9. The zero-order chi connectivity index (χ0) is 37.0. The van der Waals surface area contributed by atoms with Crippen LogP contribution in [0, 0.1) is 13.8 Å². The number of rotatable bonds is 1. The first kappa shape index (κ1) is 31.8. The molecule has 0 saturated carbocycles. The van der Waals surface area contributed by atoms with Crippen molar-refractivity contribution in [3.63, 3.8) is 0 Å². The number of fused-ring (bicyclic) bond motifs is 11. The molecule has 9 aromatic rings. The summed E-state index contributed by atoms with van der Waals surface area (Å²) in [5, 5.41) is 13.4. The Morgan fingerprint density at radius 3 is 1.39 bits per heavy atom. The third kappa shape index (κ3) is 4.26. The Morgan fingerprint density at radius 1 is 0.315 bits per heavy atom.